The van der Waals surface area contributed by atoms with Gasteiger partial charge in [0.1, 0.15) is 6.61 Å². The second kappa shape index (κ2) is 8.70. The third-order valence-electron chi connectivity index (χ3n) is 3.61. The van der Waals surface area contributed by atoms with Crippen LogP contribution >= 0.6 is 0 Å². The van der Waals surface area contributed by atoms with E-state index in [2.05, 4.69) is 15.4 Å². The zero-order valence-electron chi connectivity index (χ0n) is 13.6. The van der Waals surface area contributed by atoms with Crippen LogP contribution in [0.2, 0.25) is 0 Å². The number of likely N-dealkylation sites (N-methyl/N-ethyl adjacent to an activating group) is 1. The highest BCUT2D eigenvalue weighted by atomic mass is 19.3. The molecule has 0 saturated carbocycles. The molecule has 1 heterocycles. The Morgan fingerprint density at radius 2 is 2.24 bits per heavy atom. The molecule has 2 rings (SSSR count). The second-order valence-electron chi connectivity index (χ2n) is 5.19. The molecule has 1 aliphatic rings. The topological polar surface area (TPSA) is 104 Å². The van der Waals surface area contributed by atoms with Gasteiger partial charge in [-0.2, -0.15) is 8.78 Å². The molecule has 0 aliphatic carbocycles. The van der Waals surface area contributed by atoms with Gasteiger partial charge < -0.3 is 30.7 Å². The SMILES string of the molecule is CN[C@H](C[NH-])C(=O)Nc1ccc(N2CCOCC2=O)cc1OC(F)F. The van der Waals surface area contributed by atoms with Gasteiger partial charge in [-0.25, -0.2) is 0 Å². The largest absolute Gasteiger partial charge is 0.676 e. The minimum atomic E-state index is -3.09. The Labute approximate surface area is 143 Å². The number of ether oxygens (including phenoxy) is 2. The van der Waals surface area contributed by atoms with Gasteiger partial charge in [0, 0.05) is 18.3 Å². The van der Waals surface area contributed by atoms with E-state index in [1.807, 2.05) is 0 Å². The molecule has 8 nitrogen and oxygen atoms in total. The van der Waals surface area contributed by atoms with E-state index in [1.165, 1.54) is 30.1 Å². The van der Waals surface area contributed by atoms with Crippen LogP contribution in [0.4, 0.5) is 20.2 Å². The number of carbonyl (C=O) groups is 2. The summed E-state index contributed by atoms with van der Waals surface area (Å²) in [5, 5.41) is 5.10. The van der Waals surface area contributed by atoms with Gasteiger partial charge in [0.05, 0.1) is 18.3 Å². The molecule has 138 valence electrons. The highest BCUT2D eigenvalue weighted by Gasteiger charge is 2.23. The van der Waals surface area contributed by atoms with Gasteiger partial charge in [-0.1, -0.05) is 0 Å². The van der Waals surface area contributed by atoms with Gasteiger partial charge in [-0.15, -0.1) is 6.54 Å². The predicted molar refractivity (Wildman–Crippen MR) is 86.9 cm³/mol. The normalized spacial score (nSPS) is 16.0. The maximum absolute atomic E-state index is 12.7. The van der Waals surface area contributed by atoms with Crippen molar-refractivity contribution < 1.29 is 27.8 Å². The lowest BCUT2D eigenvalue weighted by Crippen LogP contribution is -2.41. The van der Waals surface area contributed by atoms with Crippen LogP contribution in [-0.4, -0.2) is 57.8 Å². The summed E-state index contributed by atoms with van der Waals surface area (Å²) in [5.41, 5.74) is 7.68. The van der Waals surface area contributed by atoms with E-state index >= 15 is 0 Å². The molecule has 0 spiro atoms. The number of nitrogens with zero attached hydrogens (tertiary/aromatic N) is 1. The molecule has 1 aliphatic heterocycles. The van der Waals surface area contributed by atoms with E-state index in [0.29, 0.717) is 18.8 Å². The Balaban J connectivity index is 2.27. The highest BCUT2D eigenvalue weighted by molar-refractivity contribution is 5.98. The molecule has 0 aromatic heterocycles. The van der Waals surface area contributed by atoms with Crippen LogP contribution in [0.3, 0.4) is 0 Å². The number of morpholine rings is 1. The number of nitrogens with one attached hydrogen (secondary N) is 3. The molecule has 1 aromatic rings. The number of alkyl halides is 2. The number of hydrogen-bond acceptors (Lipinski definition) is 5. The molecular formula is C15H19F2N4O4-. The summed E-state index contributed by atoms with van der Waals surface area (Å²) >= 11 is 0. The fourth-order valence-electron chi connectivity index (χ4n) is 2.31. The van der Waals surface area contributed by atoms with Crippen molar-refractivity contribution in [2.24, 2.45) is 0 Å². The Morgan fingerprint density at radius 3 is 2.84 bits per heavy atom. The van der Waals surface area contributed by atoms with Gasteiger partial charge in [0.25, 0.3) is 5.91 Å². The minimum absolute atomic E-state index is 0.0310. The summed E-state index contributed by atoms with van der Waals surface area (Å²) in [7, 11) is 1.52. The lowest BCUT2D eigenvalue weighted by Gasteiger charge is -2.27. The summed E-state index contributed by atoms with van der Waals surface area (Å²) in [6.45, 7) is -2.77. The van der Waals surface area contributed by atoms with Gasteiger partial charge in [0.15, 0.2) is 5.75 Å². The van der Waals surface area contributed by atoms with Crippen molar-refractivity contribution in [2.45, 2.75) is 12.7 Å². The van der Waals surface area contributed by atoms with Crippen LogP contribution in [0, 0.1) is 0 Å². The summed E-state index contributed by atoms with van der Waals surface area (Å²) in [6.07, 6.45) is 0. The van der Waals surface area contributed by atoms with Crippen LogP contribution in [0.15, 0.2) is 18.2 Å². The molecule has 3 N–H and O–H groups in total. The molecule has 1 saturated heterocycles. The molecule has 0 radical (unpaired) electrons. The molecule has 0 unspecified atom stereocenters. The van der Waals surface area contributed by atoms with Crippen LogP contribution < -0.4 is 20.3 Å². The van der Waals surface area contributed by atoms with Crippen molar-refractivity contribution in [1.82, 2.24) is 5.32 Å². The van der Waals surface area contributed by atoms with E-state index in [1.54, 1.807) is 0 Å². The Morgan fingerprint density at radius 1 is 1.48 bits per heavy atom. The average Bonchev–Trinajstić information content (AvgIpc) is 2.57. The predicted octanol–water partition coefficient (Wildman–Crippen LogP) is 1.23. The monoisotopic (exact) mass is 357 g/mol. The standard InChI is InChI=1S/C15H19F2N4O4/c1-19-11(7-18)14(23)20-10-3-2-9(6-12(10)25-15(16)17)21-4-5-24-8-13(21)22/h2-3,6,11,15,18-19H,4-5,7-8H2,1H3,(H,20,23)/q-1/t11-/m1/s1. The van der Waals surface area contributed by atoms with Gasteiger partial charge in [-0.05, 0) is 19.2 Å². The zero-order chi connectivity index (χ0) is 18.4. The summed E-state index contributed by atoms with van der Waals surface area (Å²) in [6, 6.07) is 3.37. The average molecular weight is 357 g/mol. The zero-order valence-corrected chi connectivity index (χ0v) is 13.6. The van der Waals surface area contributed by atoms with Gasteiger partial charge in [-0.3, -0.25) is 9.59 Å². The fourth-order valence-corrected chi connectivity index (χ4v) is 2.31. The molecule has 10 heteroatoms. The van der Waals surface area contributed by atoms with Crippen molar-refractivity contribution in [2.75, 3.05) is 43.6 Å². The lowest BCUT2D eigenvalue weighted by atomic mass is 10.2. The number of carbonyl (C=O) groups excluding carboxylic acids is 2. The van der Waals surface area contributed by atoms with Crippen LogP contribution in [0.25, 0.3) is 5.73 Å². The maximum Gasteiger partial charge on any atom is 0.387 e. The molecular weight excluding hydrogens is 338 g/mol. The number of amides is 2. The third-order valence-corrected chi connectivity index (χ3v) is 3.61. The molecule has 0 bridgehead atoms. The molecule has 25 heavy (non-hydrogen) atoms. The Hall–Kier alpha value is -2.30. The van der Waals surface area contributed by atoms with Crippen LogP contribution in [0.1, 0.15) is 0 Å². The van der Waals surface area contributed by atoms with E-state index in [9.17, 15) is 18.4 Å². The molecule has 1 aromatic carbocycles. The van der Waals surface area contributed by atoms with E-state index in [-0.39, 0.29) is 30.5 Å². The van der Waals surface area contributed by atoms with E-state index < -0.39 is 18.6 Å². The first-order valence-electron chi connectivity index (χ1n) is 7.56. The summed E-state index contributed by atoms with van der Waals surface area (Å²) in [4.78, 5) is 25.3. The van der Waals surface area contributed by atoms with E-state index in [4.69, 9.17) is 10.5 Å². The second-order valence-corrected chi connectivity index (χ2v) is 5.19. The first-order chi connectivity index (χ1) is 12.0. The van der Waals surface area contributed by atoms with Gasteiger partial charge >= 0.3 is 6.61 Å². The first kappa shape index (κ1) is 19.0. The van der Waals surface area contributed by atoms with E-state index in [0.717, 1.165) is 0 Å². The quantitative estimate of drug-likeness (QED) is 0.764. The number of halogens is 2. The van der Waals surface area contributed by atoms with Crippen molar-refractivity contribution in [3.8, 4) is 5.75 Å². The van der Waals surface area contributed by atoms with Crippen LogP contribution in [0.5, 0.6) is 5.75 Å². The van der Waals surface area contributed by atoms with Crippen LogP contribution in [-0.2, 0) is 14.3 Å². The maximum atomic E-state index is 12.7. The minimum Gasteiger partial charge on any atom is -0.676 e. The summed E-state index contributed by atoms with van der Waals surface area (Å²) in [5.74, 6) is -1.11. The summed E-state index contributed by atoms with van der Waals surface area (Å²) < 4.78 is 34.9. The number of benzene rings is 1. The first-order valence-corrected chi connectivity index (χ1v) is 7.56. The number of rotatable bonds is 7. The van der Waals surface area contributed by atoms with Crippen molar-refractivity contribution >= 4 is 23.2 Å². The molecule has 1 atom stereocenters. The Kier molecular flexibility index (Phi) is 6.62. The lowest BCUT2D eigenvalue weighted by molar-refractivity contribution is -0.125. The number of anilines is 2. The highest BCUT2D eigenvalue weighted by Crippen LogP contribution is 2.32. The third kappa shape index (κ3) is 4.84. The van der Waals surface area contributed by atoms with Gasteiger partial charge in [0.2, 0.25) is 5.91 Å². The van der Waals surface area contributed by atoms with Crippen molar-refractivity contribution in [3.05, 3.63) is 23.9 Å². The van der Waals surface area contributed by atoms with Crippen molar-refractivity contribution in [1.29, 1.82) is 0 Å². The molecule has 2 amide bonds. The van der Waals surface area contributed by atoms with Crippen molar-refractivity contribution in [3.63, 3.8) is 0 Å². The number of hydrogen-bond donors (Lipinski definition) is 2. The smallest absolute Gasteiger partial charge is 0.387 e. The Bertz CT molecular complexity index is 626. The fraction of sp³-hybridized carbons (Fsp3) is 0.467. The molecule has 1 fully saturated rings.